The second-order valence-corrected chi connectivity index (χ2v) is 6.16. The number of anilines is 1. The lowest BCUT2D eigenvalue weighted by molar-refractivity contribution is 0.566. The number of rotatable bonds is 7. The minimum Gasteiger partial charge on any atom is -0.372 e. The molecule has 0 saturated carbocycles. The van der Waals surface area contributed by atoms with Crippen LogP contribution in [0.1, 0.15) is 52.1 Å². The Morgan fingerprint density at radius 2 is 1.95 bits per heavy atom. The van der Waals surface area contributed by atoms with Gasteiger partial charge in [0, 0.05) is 29.3 Å². The molecule has 108 valence electrons. The number of halogens is 1. The Morgan fingerprint density at radius 1 is 1.26 bits per heavy atom. The fourth-order valence-corrected chi connectivity index (χ4v) is 2.55. The van der Waals surface area contributed by atoms with E-state index in [2.05, 4.69) is 79.1 Å². The highest BCUT2D eigenvalue weighted by Gasteiger charge is 2.16. The van der Waals surface area contributed by atoms with Crippen LogP contribution in [0.3, 0.4) is 0 Å². The van der Waals surface area contributed by atoms with Crippen molar-refractivity contribution >= 4 is 21.6 Å². The van der Waals surface area contributed by atoms with E-state index < -0.39 is 0 Å². The molecular formula is C16H27BrN2. The first-order chi connectivity index (χ1) is 9.01. The smallest absolute Gasteiger partial charge is 0.0415 e. The zero-order chi connectivity index (χ0) is 14.4. The molecular weight excluding hydrogens is 300 g/mol. The van der Waals surface area contributed by atoms with Crippen LogP contribution in [-0.4, -0.2) is 19.6 Å². The third-order valence-corrected chi connectivity index (χ3v) is 4.28. The zero-order valence-corrected chi connectivity index (χ0v) is 14.4. The monoisotopic (exact) mass is 326 g/mol. The van der Waals surface area contributed by atoms with E-state index in [-0.39, 0.29) is 0 Å². The Hall–Kier alpha value is -0.540. The molecule has 2 atom stereocenters. The van der Waals surface area contributed by atoms with Crippen molar-refractivity contribution in [3.05, 3.63) is 28.2 Å². The van der Waals surface area contributed by atoms with Gasteiger partial charge in [0.05, 0.1) is 0 Å². The van der Waals surface area contributed by atoms with Crippen LogP contribution in [0.25, 0.3) is 0 Å². The van der Waals surface area contributed by atoms with Gasteiger partial charge < -0.3 is 10.2 Å². The average Bonchev–Trinajstić information content (AvgIpc) is 2.42. The molecule has 1 aromatic carbocycles. The summed E-state index contributed by atoms with van der Waals surface area (Å²) in [6.07, 6.45) is 2.32. The fraction of sp³-hybridized carbons (Fsp3) is 0.625. The van der Waals surface area contributed by atoms with Gasteiger partial charge in [-0.2, -0.15) is 0 Å². The van der Waals surface area contributed by atoms with E-state index in [0.29, 0.717) is 12.1 Å². The molecule has 2 nitrogen and oxygen atoms in total. The minimum absolute atomic E-state index is 0.374. The second-order valence-electron chi connectivity index (χ2n) is 5.25. The van der Waals surface area contributed by atoms with Gasteiger partial charge in [0.15, 0.2) is 0 Å². The molecule has 0 aliphatic rings. The van der Waals surface area contributed by atoms with Crippen LogP contribution in [-0.2, 0) is 0 Å². The topological polar surface area (TPSA) is 15.3 Å². The zero-order valence-electron chi connectivity index (χ0n) is 12.8. The molecule has 0 heterocycles. The molecule has 0 aromatic heterocycles. The lowest BCUT2D eigenvalue weighted by Gasteiger charge is -2.30. The summed E-state index contributed by atoms with van der Waals surface area (Å²) in [6.45, 7) is 10.0. The maximum absolute atomic E-state index is 3.59. The molecule has 0 aliphatic carbocycles. The number of benzene rings is 1. The van der Waals surface area contributed by atoms with E-state index >= 15 is 0 Å². The Bertz CT molecular complexity index is 392. The molecule has 19 heavy (non-hydrogen) atoms. The first-order valence-electron chi connectivity index (χ1n) is 7.26. The lowest BCUT2D eigenvalue weighted by atomic mass is 10.0. The van der Waals surface area contributed by atoms with Gasteiger partial charge in [-0.05, 0) is 57.0 Å². The van der Waals surface area contributed by atoms with Gasteiger partial charge in [-0.25, -0.2) is 0 Å². The van der Waals surface area contributed by atoms with Crippen molar-refractivity contribution in [2.24, 2.45) is 0 Å². The molecule has 1 rings (SSSR count). The van der Waals surface area contributed by atoms with Gasteiger partial charge in [-0.1, -0.05) is 29.8 Å². The summed E-state index contributed by atoms with van der Waals surface area (Å²) in [5.41, 5.74) is 2.69. The molecule has 0 aliphatic heterocycles. The Labute approximate surface area is 126 Å². The quantitative estimate of drug-likeness (QED) is 0.778. The predicted octanol–water partition coefficient (Wildman–Crippen LogP) is 4.74. The summed E-state index contributed by atoms with van der Waals surface area (Å²) >= 11 is 3.59. The van der Waals surface area contributed by atoms with E-state index in [1.807, 2.05) is 0 Å². The highest BCUT2D eigenvalue weighted by Crippen LogP contribution is 2.30. The first kappa shape index (κ1) is 16.5. The van der Waals surface area contributed by atoms with Crippen molar-refractivity contribution < 1.29 is 0 Å². The maximum Gasteiger partial charge on any atom is 0.0415 e. The second kappa shape index (κ2) is 7.91. The lowest BCUT2D eigenvalue weighted by Crippen LogP contribution is -2.30. The van der Waals surface area contributed by atoms with E-state index in [0.717, 1.165) is 23.9 Å². The number of nitrogens with zero attached hydrogens (tertiary/aromatic N) is 1. The van der Waals surface area contributed by atoms with Crippen LogP contribution in [0.5, 0.6) is 0 Å². The molecule has 1 N–H and O–H groups in total. The average molecular weight is 327 g/mol. The van der Waals surface area contributed by atoms with Crippen molar-refractivity contribution in [3.63, 3.8) is 0 Å². The van der Waals surface area contributed by atoms with Crippen molar-refractivity contribution in [3.8, 4) is 0 Å². The third-order valence-electron chi connectivity index (χ3n) is 3.79. The van der Waals surface area contributed by atoms with Crippen LogP contribution in [0.4, 0.5) is 5.69 Å². The van der Waals surface area contributed by atoms with Gasteiger partial charge in [0.2, 0.25) is 0 Å². The summed E-state index contributed by atoms with van der Waals surface area (Å²) in [7, 11) is 2.19. The van der Waals surface area contributed by atoms with E-state index in [1.165, 1.54) is 11.3 Å². The number of hydrogen-bond acceptors (Lipinski definition) is 2. The van der Waals surface area contributed by atoms with Gasteiger partial charge in [0.1, 0.15) is 0 Å². The van der Waals surface area contributed by atoms with Crippen molar-refractivity contribution in [1.82, 2.24) is 5.32 Å². The largest absolute Gasteiger partial charge is 0.372 e. The van der Waals surface area contributed by atoms with Crippen molar-refractivity contribution in [2.75, 3.05) is 18.5 Å². The summed E-state index contributed by atoms with van der Waals surface area (Å²) in [6, 6.07) is 7.51. The van der Waals surface area contributed by atoms with Crippen LogP contribution < -0.4 is 10.2 Å². The van der Waals surface area contributed by atoms with E-state index in [9.17, 15) is 0 Å². The summed E-state index contributed by atoms with van der Waals surface area (Å²) in [5.74, 6) is 0. The third kappa shape index (κ3) is 4.50. The molecule has 2 unspecified atom stereocenters. The fourth-order valence-electron chi connectivity index (χ4n) is 2.18. The summed E-state index contributed by atoms with van der Waals surface area (Å²) in [5, 5.41) is 3.58. The van der Waals surface area contributed by atoms with Gasteiger partial charge >= 0.3 is 0 Å². The molecule has 0 amide bonds. The highest BCUT2D eigenvalue weighted by atomic mass is 79.9. The van der Waals surface area contributed by atoms with Crippen molar-refractivity contribution in [2.45, 2.75) is 52.6 Å². The van der Waals surface area contributed by atoms with Crippen LogP contribution in [0.2, 0.25) is 0 Å². The summed E-state index contributed by atoms with van der Waals surface area (Å²) < 4.78 is 1.15. The van der Waals surface area contributed by atoms with E-state index in [4.69, 9.17) is 0 Å². The Morgan fingerprint density at radius 3 is 2.53 bits per heavy atom. The molecule has 3 heteroatoms. The number of nitrogens with one attached hydrogen (secondary N) is 1. The van der Waals surface area contributed by atoms with Crippen molar-refractivity contribution in [1.29, 1.82) is 0 Å². The Kier molecular flexibility index (Phi) is 6.87. The number of hydrogen-bond donors (Lipinski definition) is 1. The molecule has 0 radical (unpaired) electrons. The van der Waals surface area contributed by atoms with Crippen LogP contribution in [0.15, 0.2) is 22.7 Å². The minimum atomic E-state index is 0.374. The van der Waals surface area contributed by atoms with Gasteiger partial charge in [-0.3, -0.25) is 0 Å². The molecule has 0 saturated heterocycles. The first-order valence-corrected chi connectivity index (χ1v) is 8.06. The van der Waals surface area contributed by atoms with E-state index in [1.54, 1.807) is 0 Å². The van der Waals surface area contributed by atoms with Gasteiger partial charge in [0.25, 0.3) is 0 Å². The molecule has 0 bridgehead atoms. The predicted molar refractivity (Wildman–Crippen MR) is 89.0 cm³/mol. The normalized spacial score (nSPS) is 14.2. The molecule has 0 fully saturated rings. The molecule has 1 aromatic rings. The SMILES string of the molecule is CCCNC(C)c1cc(Br)ccc1N(C)C(C)CC. The molecule has 0 spiro atoms. The van der Waals surface area contributed by atoms with Crippen LogP contribution >= 0.6 is 15.9 Å². The summed E-state index contributed by atoms with van der Waals surface area (Å²) in [4.78, 5) is 2.38. The van der Waals surface area contributed by atoms with Crippen LogP contribution in [0, 0.1) is 0 Å². The van der Waals surface area contributed by atoms with Gasteiger partial charge in [-0.15, -0.1) is 0 Å². The standard InChI is InChI=1S/C16H27BrN2/c1-6-10-18-13(4)15-11-14(17)8-9-16(15)19(5)12(3)7-2/h8-9,11-13,18H,6-7,10H2,1-5H3. The maximum atomic E-state index is 3.59. The highest BCUT2D eigenvalue weighted by molar-refractivity contribution is 9.10. The Balaban J connectivity index is 3.03.